The first-order valence-corrected chi connectivity index (χ1v) is 7.98. The zero-order chi connectivity index (χ0) is 14.4. The molecule has 3 nitrogen and oxygen atoms in total. The van der Waals surface area contributed by atoms with Crippen LogP contribution in [0.2, 0.25) is 0 Å². The first-order chi connectivity index (χ1) is 9.74. The number of thiazole rings is 1. The molecular weight excluding hydrogens is 268 g/mol. The van der Waals surface area contributed by atoms with Gasteiger partial charge in [0, 0.05) is 22.7 Å². The van der Waals surface area contributed by atoms with E-state index < -0.39 is 0 Å². The minimum atomic E-state index is 0.342. The van der Waals surface area contributed by atoms with E-state index in [9.17, 15) is 0 Å². The normalized spacial score (nSPS) is 12.3. The summed E-state index contributed by atoms with van der Waals surface area (Å²) >= 11 is 1.65. The summed E-state index contributed by atoms with van der Waals surface area (Å²) in [5, 5.41) is 6.57. The summed E-state index contributed by atoms with van der Waals surface area (Å²) in [5.41, 5.74) is 2.28. The molecule has 1 aromatic heterocycles. The number of hydrogen-bond acceptors (Lipinski definition) is 4. The van der Waals surface area contributed by atoms with Gasteiger partial charge in [0.15, 0.2) is 0 Å². The molecule has 2 rings (SSSR count). The van der Waals surface area contributed by atoms with E-state index in [4.69, 9.17) is 4.74 Å². The number of para-hydroxylation sites is 1. The molecule has 1 unspecified atom stereocenters. The van der Waals surface area contributed by atoms with Crippen LogP contribution in [0, 0.1) is 6.92 Å². The molecule has 0 radical (unpaired) electrons. The van der Waals surface area contributed by atoms with E-state index in [1.807, 2.05) is 19.1 Å². The summed E-state index contributed by atoms with van der Waals surface area (Å²) in [6, 6.07) is 8.60. The molecule has 20 heavy (non-hydrogen) atoms. The van der Waals surface area contributed by atoms with Crippen LogP contribution in [0.3, 0.4) is 0 Å². The maximum Gasteiger partial charge on any atom is 0.140 e. The van der Waals surface area contributed by atoms with Crippen LogP contribution >= 0.6 is 11.3 Å². The fraction of sp³-hybridized carbons (Fsp3) is 0.438. The molecule has 0 bridgehead atoms. The number of nitrogens with zero attached hydrogens (tertiary/aromatic N) is 1. The van der Waals surface area contributed by atoms with E-state index in [1.54, 1.807) is 11.3 Å². The molecular formula is C16H22N2OS. The number of benzene rings is 1. The van der Waals surface area contributed by atoms with Crippen molar-refractivity contribution in [3.63, 3.8) is 0 Å². The molecule has 0 fully saturated rings. The van der Waals surface area contributed by atoms with Crippen LogP contribution in [-0.4, -0.2) is 11.5 Å². The molecule has 0 aliphatic carbocycles. The van der Waals surface area contributed by atoms with E-state index in [0.29, 0.717) is 12.6 Å². The minimum absolute atomic E-state index is 0.342. The molecule has 108 valence electrons. The second-order valence-corrected chi connectivity index (χ2v) is 5.67. The lowest BCUT2D eigenvalue weighted by molar-refractivity contribution is 0.298. The van der Waals surface area contributed by atoms with E-state index in [1.165, 1.54) is 5.56 Å². The number of aryl methyl sites for hydroxylation is 1. The first kappa shape index (κ1) is 15.0. The van der Waals surface area contributed by atoms with Gasteiger partial charge in [0.25, 0.3) is 0 Å². The number of aromatic nitrogens is 1. The van der Waals surface area contributed by atoms with Crippen LogP contribution in [-0.2, 0) is 6.61 Å². The lowest BCUT2D eigenvalue weighted by Gasteiger charge is -2.19. The topological polar surface area (TPSA) is 34.1 Å². The summed E-state index contributed by atoms with van der Waals surface area (Å²) in [6.45, 7) is 7.82. The first-order valence-electron chi connectivity index (χ1n) is 7.10. The average molecular weight is 290 g/mol. The van der Waals surface area contributed by atoms with Gasteiger partial charge in [-0.3, -0.25) is 0 Å². The Morgan fingerprint density at radius 3 is 2.75 bits per heavy atom. The molecule has 0 saturated heterocycles. The Morgan fingerprint density at radius 2 is 2.10 bits per heavy atom. The van der Waals surface area contributed by atoms with Crippen LogP contribution in [0.15, 0.2) is 29.6 Å². The summed E-state index contributed by atoms with van der Waals surface area (Å²) in [4.78, 5) is 4.43. The summed E-state index contributed by atoms with van der Waals surface area (Å²) in [6.07, 6.45) is 1.05. The molecule has 4 heteroatoms. The van der Waals surface area contributed by atoms with Gasteiger partial charge in [0.1, 0.15) is 17.4 Å². The van der Waals surface area contributed by atoms with Crippen LogP contribution in [0.25, 0.3) is 0 Å². The van der Waals surface area contributed by atoms with Crippen molar-refractivity contribution in [2.75, 3.05) is 6.54 Å². The Kier molecular flexibility index (Phi) is 5.56. The molecule has 2 aromatic rings. The zero-order valence-corrected chi connectivity index (χ0v) is 13.2. The van der Waals surface area contributed by atoms with Gasteiger partial charge in [-0.05, 0) is 26.0 Å². The Hall–Kier alpha value is -1.39. The Labute approximate surface area is 125 Å². The van der Waals surface area contributed by atoms with Gasteiger partial charge in [-0.1, -0.05) is 32.0 Å². The second kappa shape index (κ2) is 7.41. The van der Waals surface area contributed by atoms with E-state index in [-0.39, 0.29) is 0 Å². The molecule has 0 spiro atoms. The lowest BCUT2D eigenvalue weighted by Crippen LogP contribution is -2.20. The highest BCUT2D eigenvalue weighted by atomic mass is 32.1. The molecule has 1 heterocycles. The van der Waals surface area contributed by atoms with Crippen molar-refractivity contribution in [3.8, 4) is 5.75 Å². The highest BCUT2D eigenvalue weighted by molar-refractivity contribution is 7.09. The summed E-state index contributed by atoms with van der Waals surface area (Å²) < 4.78 is 5.97. The molecule has 0 saturated carbocycles. The van der Waals surface area contributed by atoms with Crippen LogP contribution in [0.5, 0.6) is 5.75 Å². The Balaban J connectivity index is 2.10. The smallest absolute Gasteiger partial charge is 0.140 e. The van der Waals surface area contributed by atoms with Gasteiger partial charge in [-0.25, -0.2) is 4.98 Å². The van der Waals surface area contributed by atoms with Gasteiger partial charge in [-0.2, -0.15) is 0 Å². The fourth-order valence-electron chi connectivity index (χ4n) is 2.23. The van der Waals surface area contributed by atoms with Gasteiger partial charge in [0.05, 0.1) is 0 Å². The number of hydrogen-bond donors (Lipinski definition) is 1. The molecule has 1 N–H and O–H groups in total. The highest BCUT2D eigenvalue weighted by Crippen LogP contribution is 2.28. The number of ether oxygens (including phenoxy) is 1. The molecule has 0 amide bonds. The van der Waals surface area contributed by atoms with Gasteiger partial charge in [0.2, 0.25) is 0 Å². The van der Waals surface area contributed by atoms with E-state index in [0.717, 1.165) is 29.4 Å². The van der Waals surface area contributed by atoms with Crippen molar-refractivity contribution in [1.29, 1.82) is 0 Å². The third kappa shape index (κ3) is 3.81. The van der Waals surface area contributed by atoms with Crippen molar-refractivity contribution < 1.29 is 4.74 Å². The fourth-order valence-corrected chi connectivity index (χ4v) is 2.91. The van der Waals surface area contributed by atoms with Crippen molar-refractivity contribution in [2.24, 2.45) is 0 Å². The van der Waals surface area contributed by atoms with Crippen LogP contribution in [0.4, 0.5) is 0 Å². The second-order valence-electron chi connectivity index (χ2n) is 4.73. The number of nitrogens with one attached hydrogen (secondary N) is 1. The highest BCUT2D eigenvalue weighted by Gasteiger charge is 2.13. The maximum absolute atomic E-state index is 5.97. The van der Waals surface area contributed by atoms with Crippen molar-refractivity contribution in [3.05, 3.63) is 45.9 Å². The quantitative estimate of drug-likeness (QED) is 0.834. The van der Waals surface area contributed by atoms with Gasteiger partial charge in [-0.15, -0.1) is 11.3 Å². The zero-order valence-electron chi connectivity index (χ0n) is 12.3. The van der Waals surface area contributed by atoms with Crippen LogP contribution < -0.4 is 10.1 Å². The largest absolute Gasteiger partial charge is 0.486 e. The average Bonchev–Trinajstić information content (AvgIpc) is 2.89. The van der Waals surface area contributed by atoms with E-state index >= 15 is 0 Å². The SMILES string of the molecule is CCNC(CC)c1ccccc1OCc1nc(C)cs1. The maximum atomic E-state index is 5.97. The third-order valence-electron chi connectivity index (χ3n) is 3.17. The summed E-state index contributed by atoms with van der Waals surface area (Å²) in [5.74, 6) is 0.952. The monoisotopic (exact) mass is 290 g/mol. The van der Waals surface area contributed by atoms with Gasteiger partial charge < -0.3 is 10.1 Å². The molecule has 1 aromatic carbocycles. The Morgan fingerprint density at radius 1 is 1.30 bits per heavy atom. The van der Waals surface area contributed by atoms with Gasteiger partial charge >= 0.3 is 0 Å². The van der Waals surface area contributed by atoms with E-state index in [2.05, 4.69) is 41.7 Å². The molecule has 1 atom stereocenters. The predicted octanol–water partition coefficient (Wildman–Crippen LogP) is 4.09. The third-order valence-corrected chi connectivity index (χ3v) is 4.11. The number of rotatable bonds is 7. The Bertz CT molecular complexity index is 539. The van der Waals surface area contributed by atoms with Crippen LogP contribution in [0.1, 0.15) is 42.6 Å². The van der Waals surface area contributed by atoms with Crippen molar-refractivity contribution in [2.45, 2.75) is 39.8 Å². The molecule has 0 aliphatic heterocycles. The molecule has 0 aliphatic rings. The minimum Gasteiger partial charge on any atom is -0.486 e. The standard InChI is InChI=1S/C16H22N2OS/c1-4-14(17-5-2)13-8-6-7-9-15(13)19-10-16-18-12(3)11-20-16/h6-9,11,14,17H,4-5,10H2,1-3H3. The van der Waals surface area contributed by atoms with Crippen molar-refractivity contribution in [1.82, 2.24) is 10.3 Å². The van der Waals surface area contributed by atoms with Crippen molar-refractivity contribution >= 4 is 11.3 Å². The lowest BCUT2D eigenvalue weighted by atomic mass is 10.0. The predicted molar refractivity (Wildman–Crippen MR) is 84.3 cm³/mol. The summed E-state index contributed by atoms with van der Waals surface area (Å²) in [7, 11) is 0.